The molecule has 0 aliphatic heterocycles. The fraction of sp³-hybridized carbons (Fsp3) is 0.833. The molecule has 0 N–H and O–H groups in total. The molecular weight excluding hydrogens is 192 g/mol. The monoisotopic (exact) mass is 214 g/mol. The van der Waals surface area contributed by atoms with Crippen molar-refractivity contribution in [1.82, 2.24) is 0 Å². The number of carbonyl (C=O) groups excluding carboxylic acids is 1. The van der Waals surface area contributed by atoms with Crippen LogP contribution in [0, 0.1) is 0 Å². The van der Waals surface area contributed by atoms with Gasteiger partial charge < -0.3 is 4.79 Å². The van der Waals surface area contributed by atoms with Crippen LogP contribution in [0.15, 0.2) is 0 Å². The van der Waals surface area contributed by atoms with Gasteiger partial charge in [-0.05, 0) is 24.6 Å². The predicted octanol–water partition coefficient (Wildman–Crippen LogP) is 4.09. The zero-order chi connectivity index (χ0) is 10.5. The van der Waals surface area contributed by atoms with E-state index in [0.717, 1.165) is 25.5 Å². The highest BCUT2D eigenvalue weighted by atomic mass is 32.1. The lowest BCUT2D eigenvalue weighted by atomic mass is 10.1. The minimum atomic E-state index is 0.745. The van der Waals surface area contributed by atoms with Gasteiger partial charge in [0.05, 0.1) is 0 Å². The fourth-order valence-electron chi connectivity index (χ4n) is 1.52. The third-order valence-corrected chi connectivity index (χ3v) is 2.63. The molecule has 0 aromatic rings. The van der Waals surface area contributed by atoms with Gasteiger partial charge >= 0.3 is 0 Å². The van der Waals surface area contributed by atoms with Crippen molar-refractivity contribution in [1.29, 1.82) is 0 Å². The zero-order valence-electron chi connectivity index (χ0n) is 9.04. The fourth-order valence-corrected chi connectivity index (χ4v) is 1.68. The van der Waals surface area contributed by atoms with Crippen LogP contribution in [0.4, 0.5) is 0 Å². The average molecular weight is 214 g/mol. The van der Waals surface area contributed by atoms with E-state index in [4.69, 9.17) is 12.2 Å². The Balaban J connectivity index is 2.84. The van der Waals surface area contributed by atoms with Gasteiger partial charge in [-0.25, -0.2) is 0 Å². The maximum absolute atomic E-state index is 10.0. The lowest BCUT2D eigenvalue weighted by molar-refractivity contribution is -0.107. The summed E-state index contributed by atoms with van der Waals surface area (Å²) < 4.78 is 0. The summed E-state index contributed by atoms with van der Waals surface area (Å²) in [5, 5.41) is 1.83. The summed E-state index contributed by atoms with van der Waals surface area (Å²) in [6, 6.07) is 0. The molecule has 0 aliphatic carbocycles. The van der Waals surface area contributed by atoms with Gasteiger partial charge in [0, 0.05) is 6.42 Å². The Morgan fingerprint density at radius 1 is 0.714 bits per heavy atom. The molecule has 0 aliphatic rings. The molecule has 0 saturated heterocycles. The maximum atomic E-state index is 10.0. The first-order valence-electron chi connectivity index (χ1n) is 5.79. The topological polar surface area (TPSA) is 17.1 Å². The molecule has 0 bridgehead atoms. The Bertz CT molecular complexity index is 118. The quantitative estimate of drug-likeness (QED) is 0.293. The first-order chi connectivity index (χ1) is 6.91. The molecule has 0 saturated carbocycles. The van der Waals surface area contributed by atoms with Crippen LogP contribution in [-0.2, 0) is 4.79 Å². The number of hydrogen-bond donors (Lipinski definition) is 0. The van der Waals surface area contributed by atoms with E-state index in [1.54, 1.807) is 0 Å². The van der Waals surface area contributed by atoms with E-state index < -0.39 is 0 Å². The number of rotatable bonds is 11. The van der Waals surface area contributed by atoms with Crippen molar-refractivity contribution >= 4 is 23.9 Å². The van der Waals surface area contributed by atoms with E-state index in [-0.39, 0.29) is 0 Å². The van der Waals surface area contributed by atoms with Gasteiger partial charge in [-0.3, -0.25) is 0 Å². The Kier molecular flexibility index (Phi) is 12.5. The van der Waals surface area contributed by atoms with E-state index in [9.17, 15) is 4.79 Å². The van der Waals surface area contributed by atoms with Crippen LogP contribution in [0.5, 0.6) is 0 Å². The van der Waals surface area contributed by atoms with Crippen LogP contribution < -0.4 is 0 Å². The third-order valence-electron chi connectivity index (χ3n) is 2.39. The van der Waals surface area contributed by atoms with E-state index in [1.807, 2.05) is 5.37 Å². The molecule has 0 aromatic carbocycles. The zero-order valence-corrected chi connectivity index (χ0v) is 9.86. The second-order valence-electron chi connectivity index (χ2n) is 3.74. The van der Waals surface area contributed by atoms with E-state index >= 15 is 0 Å². The summed E-state index contributed by atoms with van der Waals surface area (Å²) in [6.45, 7) is 0. The summed E-state index contributed by atoms with van der Waals surface area (Å²) in [4.78, 5) is 10.0. The van der Waals surface area contributed by atoms with Gasteiger partial charge in [0.25, 0.3) is 0 Å². The van der Waals surface area contributed by atoms with Crippen LogP contribution in [0.2, 0.25) is 0 Å². The highest BCUT2D eigenvalue weighted by Crippen LogP contribution is 2.09. The molecule has 0 spiro atoms. The van der Waals surface area contributed by atoms with E-state index in [2.05, 4.69) is 0 Å². The number of hydrogen-bond acceptors (Lipinski definition) is 2. The molecule has 0 fully saturated rings. The minimum Gasteiger partial charge on any atom is -0.303 e. The largest absolute Gasteiger partial charge is 0.303 e. The Morgan fingerprint density at radius 3 is 1.57 bits per heavy atom. The Hall–Kier alpha value is -0.240. The van der Waals surface area contributed by atoms with Crippen LogP contribution in [0.1, 0.15) is 64.2 Å². The van der Waals surface area contributed by atoms with Crippen molar-refractivity contribution in [2.45, 2.75) is 64.2 Å². The van der Waals surface area contributed by atoms with Gasteiger partial charge in [0.1, 0.15) is 6.29 Å². The number of thiocarbonyl (C=S) groups is 1. The first-order valence-corrected chi connectivity index (χ1v) is 6.26. The number of unbranched alkanes of at least 4 members (excludes halogenated alkanes) is 9. The molecule has 0 aromatic heterocycles. The summed E-state index contributed by atoms with van der Waals surface area (Å²) in [5.74, 6) is 0. The first kappa shape index (κ1) is 13.8. The van der Waals surface area contributed by atoms with Crippen molar-refractivity contribution in [3.05, 3.63) is 0 Å². The lowest BCUT2D eigenvalue weighted by Crippen LogP contribution is -1.82. The molecule has 0 atom stereocenters. The minimum absolute atomic E-state index is 0.745. The summed E-state index contributed by atoms with van der Waals surface area (Å²) in [7, 11) is 0. The van der Waals surface area contributed by atoms with Crippen LogP contribution in [0.25, 0.3) is 0 Å². The van der Waals surface area contributed by atoms with Gasteiger partial charge in [-0.2, -0.15) is 0 Å². The second-order valence-corrected chi connectivity index (χ2v) is 4.07. The molecule has 1 nitrogen and oxygen atoms in total. The van der Waals surface area contributed by atoms with Gasteiger partial charge in [-0.1, -0.05) is 50.7 Å². The molecule has 0 amide bonds. The normalized spacial score (nSPS) is 10.0. The van der Waals surface area contributed by atoms with E-state index in [1.165, 1.54) is 44.9 Å². The summed E-state index contributed by atoms with van der Waals surface area (Å²) >= 11 is 4.76. The van der Waals surface area contributed by atoms with Gasteiger partial charge in [-0.15, -0.1) is 0 Å². The second kappa shape index (κ2) is 12.8. The van der Waals surface area contributed by atoms with Crippen LogP contribution >= 0.6 is 12.2 Å². The number of carbonyl (C=O) groups is 1. The molecule has 0 rings (SSSR count). The van der Waals surface area contributed by atoms with Crippen molar-refractivity contribution in [2.75, 3.05) is 0 Å². The molecule has 2 heteroatoms. The predicted molar refractivity (Wildman–Crippen MR) is 65.9 cm³/mol. The maximum Gasteiger partial charge on any atom is 0.119 e. The molecule has 0 radical (unpaired) electrons. The third kappa shape index (κ3) is 11.8. The van der Waals surface area contributed by atoms with E-state index in [0.29, 0.717) is 0 Å². The highest BCUT2D eigenvalue weighted by Gasteiger charge is 1.91. The van der Waals surface area contributed by atoms with Crippen LogP contribution in [-0.4, -0.2) is 11.7 Å². The average Bonchev–Trinajstić information content (AvgIpc) is 2.21. The van der Waals surface area contributed by atoms with Crippen molar-refractivity contribution < 1.29 is 4.79 Å². The van der Waals surface area contributed by atoms with Crippen molar-refractivity contribution in [2.24, 2.45) is 0 Å². The number of aldehydes is 1. The lowest BCUT2D eigenvalue weighted by Gasteiger charge is -1.99. The van der Waals surface area contributed by atoms with Gasteiger partial charge in [0.15, 0.2) is 0 Å². The molecular formula is C12H22OS. The van der Waals surface area contributed by atoms with Crippen molar-refractivity contribution in [3.8, 4) is 0 Å². The molecule has 82 valence electrons. The Morgan fingerprint density at radius 2 is 1.14 bits per heavy atom. The Labute approximate surface area is 93.3 Å². The molecule has 0 unspecified atom stereocenters. The summed E-state index contributed by atoms with van der Waals surface area (Å²) in [5.41, 5.74) is 0. The van der Waals surface area contributed by atoms with Crippen LogP contribution in [0.3, 0.4) is 0 Å². The van der Waals surface area contributed by atoms with Crippen molar-refractivity contribution in [3.63, 3.8) is 0 Å². The SMILES string of the molecule is O=CCCCCCCCCCCC=S. The summed E-state index contributed by atoms with van der Waals surface area (Å²) in [6.07, 6.45) is 13.0. The standard InChI is InChI=1S/C12H22OS/c13-11-9-7-5-3-1-2-4-6-8-10-12-14/h11-12H,1-10H2. The highest BCUT2D eigenvalue weighted by molar-refractivity contribution is 7.78. The molecule has 0 heterocycles. The smallest absolute Gasteiger partial charge is 0.119 e. The van der Waals surface area contributed by atoms with Gasteiger partial charge in [0.2, 0.25) is 0 Å². The molecule has 14 heavy (non-hydrogen) atoms.